The van der Waals surface area contributed by atoms with Crippen molar-refractivity contribution in [3.8, 4) is 11.5 Å². The van der Waals surface area contributed by atoms with Crippen LogP contribution in [0.3, 0.4) is 0 Å². The smallest absolute Gasteiger partial charge is 0.355 e. The summed E-state index contributed by atoms with van der Waals surface area (Å²) in [5, 5.41) is 19.2. The first kappa shape index (κ1) is 16.6. The van der Waals surface area contributed by atoms with Crippen LogP contribution in [0.5, 0.6) is 11.5 Å². The van der Waals surface area contributed by atoms with E-state index in [4.69, 9.17) is 4.42 Å². The fourth-order valence-electron chi connectivity index (χ4n) is 2.00. The summed E-state index contributed by atoms with van der Waals surface area (Å²) in [6.07, 6.45) is 5.45. The van der Waals surface area contributed by atoms with Crippen molar-refractivity contribution >= 4 is 20.8 Å². The van der Waals surface area contributed by atoms with Gasteiger partial charge < -0.3 is 14.6 Å². The van der Waals surface area contributed by atoms with E-state index in [0.29, 0.717) is 0 Å². The highest BCUT2D eigenvalue weighted by molar-refractivity contribution is 7.95. The third-order valence-electron chi connectivity index (χ3n) is 3.05. The van der Waals surface area contributed by atoms with Crippen molar-refractivity contribution in [3.63, 3.8) is 0 Å². The second-order valence-electron chi connectivity index (χ2n) is 4.57. The van der Waals surface area contributed by atoms with E-state index in [1.54, 1.807) is 0 Å². The number of fused-ring (bicyclic) bond motifs is 1. The lowest BCUT2D eigenvalue weighted by atomic mass is 10.2. The standard InChI is InChI=1S/C16H14O6S/c1-3-5-6-12(4-2)23(20,21)14-8-10-7-11(17)9-13(18)15(10)22-16(14)19/h3-9,17-18H,1H2,2H3/b6-5-,12-4+. The van der Waals surface area contributed by atoms with E-state index in [0.717, 1.165) is 12.1 Å². The van der Waals surface area contributed by atoms with Crippen molar-refractivity contribution in [2.45, 2.75) is 11.8 Å². The van der Waals surface area contributed by atoms with Crippen LogP contribution in [0.15, 0.2) is 68.1 Å². The summed E-state index contributed by atoms with van der Waals surface area (Å²) in [6, 6.07) is 3.23. The van der Waals surface area contributed by atoms with Gasteiger partial charge in [-0.15, -0.1) is 0 Å². The lowest BCUT2D eigenvalue weighted by molar-refractivity contribution is 0.438. The molecule has 0 aliphatic rings. The number of benzene rings is 1. The minimum Gasteiger partial charge on any atom is -0.508 e. The molecular formula is C16H14O6S. The van der Waals surface area contributed by atoms with Crippen LogP contribution < -0.4 is 5.63 Å². The Labute approximate surface area is 132 Å². The Morgan fingerprint density at radius 3 is 2.57 bits per heavy atom. The van der Waals surface area contributed by atoms with Gasteiger partial charge in [-0.2, -0.15) is 0 Å². The van der Waals surface area contributed by atoms with Gasteiger partial charge in [0.25, 0.3) is 0 Å². The number of sulfone groups is 1. The van der Waals surface area contributed by atoms with E-state index in [1.165, 1.54) is 37.3 Å². The Hall–Kier alpha value is -2.80. The van der Waals surface area contributed by atoms with Crippen LogP contribution in [-0.2, 0) is 9.84 Å². The monoisotopic (exact) mass is 334 g/mol. The van der Waals surface area contributed by atoms with Gasteiger partial charge >= 0.3 is 5.63 Å². The van der Waals surface area contributed by atoms with Crippen molar-refractivity contribution < 1.29 is 23.0 Å². The summed E-state index contributed by atoms with van der Waals surface area (Å²) in [5.74, 6) is -0.746. The minimum atomic E-state index is -4.11. The first-order valence-electron chi connectivity index (χ1n) is 6.51. The molecule has 0 amide bonds. The zero-order valence-corrected chi connectivity index (χ0v) is 13.0. The van der Waals surface area contributed by atoms with E-state index in [2.05, 4.69) is 6.58 Å². The fraction of sp³-hybridized carbons (Fsp3) is 0.0625. The number of rotatable bonds is 4. The molecule has 0 saturated heterocycles. The molecule has 0 aliphatic heterocycles. The number of hydrogen-bond acceptors (Lipinski definition) is 6. The van der Waals surface area contributed by atoms with E-state index in [1.807, 2.05) is 0 Å². The second kappa shape index (κ2) is 6.13. The van der Waals surface area contributed by atoms with Gasteiger partial charge in [0.15, 0.2) is 16.2 Å². The van der Waals surface area contributed by atoms with Gasteiger partial charge in [0.2, 0.25) is 9.84 Å². The van der Waals surface area contributed by atoms with Crippen LogP contribution in [0.25, 0.3) is 11.0 Å². The maximum atomic E-state index is 12.6. The van der Waals surface area contributed by atoms with Crippen LogP contribution in [-0.4, -0.2) is 18.6 Å². The molecule has 2 rings (SSSR count). The third kappa shape index (κ3) is 3.04. The quantitative estimate of drug-likeness (QED) is 0.658. The van der Waals surface area contributed by atoms with Gasteiger partial charge in [-0.3, -0.25) is 0 Å². The number of aromatic hydroxyl groups is 2. The van der Waals surface area contributed by atoms with Gasteiger partial charge in [0.05, 0.1) is 4.91 Å². The highest BCUT2D eigenvalue weighted by atomic mass is 32.2. The molecule has 0 spiro atoms. The van der Waals surface area contributed by atoms with Crippen molar-refractivity contribution in [2.75, 3.05) is 0 Å². The van der Waals surface area contributed by atoms with Crippen LogP contribution >= 0.6 is 0 Å². The number of phenolic OH excluding ortho intramolecular Hbond substituents is 2. The molecule has 2 N–H and O–H groups in total. The molecule has 0 radical (unpaired) electrons. The molecule has 7 heteroatoms. The average Bonchev–Trinajstić information content (AvgIpc) is 2.48. The normalized spacial score (nSPS) is 12.8. The topological polar surface area (TPSA) is 105 Å². The molecule has 0 fully saturated rings. The molecule has 0 bridgehead atoms. The molecule has 6 nitrogen and oxygen atoms in total. The van der Waals surface area contributed by atoms with E-state index < -0.39 is 26.1 Å². The summed E-state index contributed by atoms with van der Waals surface area (Å²) in [4.78, 5) is 11.3. The molecule has 1 aromatic heterocycles. The highest BCUT2D eigenvalue weighted by Gasteiger charge is 2.24. The second-order valence-corrected chi connectivity index (χ2v) is 6.49. The molecule has 2 aromatic rings. The zero-order valence-electron chi connectivity index (χ0n) is 12.2. The maximum Gasteiger partial charge on any atom is 0.355 e. The largest absolute Gasteiger partial charge is 0.508 e. The minimum absolute atomic E-state index is 0.0869. The van der Waals surface area contributed by atoms with Crippen molar-refractivity contribution in [1.82, 2.24) is 0 Å². The summed E-state index contributed by atoms with van der Waals surface area (Å²) in [5.41, 5.74) is -1.31. The summed E-state index contributed by atoms with van der Waals surface area (Å²) in [6.45, 7) is 4.97. The van der Waals surface area contributed by atoms with Crippen molar-refractivity contribution in [3.05, 3.63) is 64.4 Å². The predicted molar refractivity (Wildman–Crippen MR) is 86.1 cm³/mol. The molecule has 1 heterocycles. The van der Waals surface area contributed by atoms with Crippen LogP contribution in [0, 0.1) is 0 Å². The lowest BCUT2D eigenvalue weighted by Crippen LogP contribution is -2.15. The fourth-order valence-corrected chi connectivity index (χ4v) is 3.36. The first-order valence-corrected chi connectivity index (χ1v) is 8.00. The first-order chi connectivity index (χ1) is 10.8. The SMILES string of the molecule is C=C/C=C\C(=C/C)S(=O)(=O)c1cc2cc(O)cc(O)c2oc1=O. The van der Waals surface area contributed by atoms with Gasteiger partial charge in [-0.25, -0.2) is 13.2 Å². The molecular weight excluding hydrogens is 320 g/mol. The zero-order chi connectivity index (χ0) is 17.2. The maximum absolute atomic E-state index is 12.6. The van der Waals surface area contributed by atoms with Gasteiger partial charge in [0, 0.05) is 11.5 Å². The van der Waals surface area contributed by atoms with Crippen molar-refractivity contribution in [2.24, 2.45) is 0 Å². The van der Waals surface area contributed by atoms with E-state index in [-0.39, 0.29) is 21.6 Å². The summed E-state index contributed by atoms with van der Waals surface area (Å²) < 4.78 is 30.0. The van der Waals surface area contributed by atoms with Gasteiger partial charge in [-0.05, 0) is 25.1 Å². The van der Waals surface area contributed by atoms with Crippen molar-refractivity contribution in [1.29, 1.82) is 0 Å². The van der Waals surface area contributed by atoms with E-state index in [9.17, 15) is 23.4 Å². The lowest BCUT2D eigenvalue weighted by Gasteiger charge is -2.06. The molecule has 120 valence electrons. The molecule has 1 aromatic carbocycles. The Balaban J connectivity index is 2.77. The average molecular weight is 334 g/mol. The number of allylic oxidation sites excluding steroid dienone is 4. The Bertz CT molecular complexity index is 993. The molecule has 0 unspecified atom stereocenters. The van der Waals surface area contributed by atoms with Crippen LogP contribution in [0.2, 0.25) is 0 Å². The summed E-state index contributed by atoms with van der Waals surface area (Å²) in [7, 11) is -4.11. The summed E-state index contributed by atoms with van der Waals surface area (Å²) >= 11 is 0. The Morgan fingerprint density at radius 1 is 1.26 bits per heavy atom. The number of hydrogen-bond donors (Lipinski definition) is 2. The predicted octanol–water partition coefficient (Wildman–Crippen LogP) is 2.62. The number of phenols is 2. The third-order valence-corrected chi connectivity index (χ3v) is 4.90. The molecule has 0 saturated carbocycles. The van der Waals surface area contributed by atoms with E-state index >= 15 is 0 Å². The molecule has 23 heavy (non-hydrogen) atoms. The molecule has 0 aliphatic carbocycles. The Kier molecular flexibility index (Phi) is 4.42. The van der Waals surface area contributed by atoms with Gasteiger partial charge in [-0.1, -0.05) is 24.8 Å². The van der Waals surface area contributed by atoms with Crippen LogP contribution in [0.4, 0.5) is 0 Å². The highest BCUT2D eigenvalue weighted by Crippen LogP contribution is 2.30. The van der Waals surface area contributed by atoms with Crippen LogP contribution in [0.1, 0.15) is 6.92 Å². The van der Waals surface area contributed by atoms with Gasteiger partial charge in [0.1, 0.15) is 5.75 Å². The Morgan fingerprint density at radius 2 is 1.96 bits per heavy atom. The molecule has 0 atom stereocenters.